The van der Waals surface area contributed by atoms with Crippen molar-refractivity contribution in [2.24, 2.45) is 0 Å². The lowest BCUT2D eigenvalue weighted by Gasteiger charge is -2.06. The van der Waals surface area contributed by atoms with E-state index in [1.54, 1.807) is 0 Å². The van der Waals surface area contributed by atoms with E-state index in [-0.39, 0.29) is 22.7 Å². The Morgan fingerprint density at radius 1 is 1.69 bits per heavy atom. The predicted molar refractivity (Wildman–Crippen MR) is 52.8 cm³/mol. The molecule has 0 amide bonds. The van der Waals surface area contributed by atoms with E-state index < -0.39 is 5.82 Å². The second kappa shape index (κ2) is 3.95. The van der Waals surface area contributed by atoms with E-state index in [0.29, 0.717) is 4.47 Å². The molecule has 0 aromatic heterocycles. The van der Waals surface area contributed by atoms with Gasteiger partial charge in [0.1, 0.15) is 5.82 Å². The van der Waals surface area contributed by atoms with E-state index in [4.69, 9.17) is 22.6 Å². The van der Waals surface area contributed by atoms with Gasteiger partial charge in [-0.1, -0.05) is 11.6 Å². The fraction of sp³-hybridized carbons (Fsp3) is 0.125. The highest BCUT2D eigenvalue weighted by Gasteiger charge is 2.13. The molecule has 5 heteroatoms. The van der Waals surface area contributed by atoms with Gasteiger partial charge < -0.3 is 5.73 Å². The molecule has 0 saturated carbocycles. The van der Waals surface area contributed by atoms with Gasteiger partial charge in [0.25, 0.3) is 0 Å². The zero-order valence-electron chi connectivity index (χ0n) is 6.44. The number of hydrogen-bond donors (Lipinski definition) is 1. The molecule has 0 unspecified atom stereocenters. The molecule has 2 N–H and O–H groups in total. The summed E-state index contributed by atoms with van der Waals surface area (Å²) in [7, 11) is 0. The number of benzene rings is 1. The van der Waals surface area contributed by atoms with Gasteiger partial charge in [0.15, 0.2) is 0 Å². The average molecular weight is 263 g/mol. The number of nitrogen functional groups attached to an aromatic ring is 1. The van der Waals surface area contributed by atoms with E-state index in [2.05, 4.69) is 15.9 Å². The maximum atomic E-state index is 13.2. The number of halogens is 3. The molecule has 0 heterocycles. The number of nitrogens with two attached hydrogens (primary N) is 1. The Morgan fingerprint density at radius 3 is 2.85 bits per heavy atom. The second-order valence-electron chi connectivity index (χ2n) is 2.39. The van der Waals surface area contributed by atoms with E-state index >= 15 is 0 Å². The van der Waals surface area contributed by atoms with Crippen molar-refractivity contribution >= 4 is 33.2 Å². The van der Waals surface area contributed by atoms with Crippen LogP contribution in [-0.4, -0.2) is 0 Å². The summed E-state index contributed by atoms with van der Waals surface area (Å²) < 4.78 is 13.5. The van der Waals surface area contributed by atoms with Gasteiger partial charge in [-0.3, -0.25) is 0 Å². The molecular formula is C8H5BrClFN2. The molecule has 0 fully saturated rings. The van der Waals surface area contributed by atoms with Crippen LogP contribution in [0, 0.1) is 17.1 Å². The van der Waals surface area contributed by atoms with Crippen LogP contribution >= 0.6 is 27.5 Å². The summed E-state index contributed by atoms with van der Waals surface area (Å²) in [5.74, 6) is -0.518. The van der Waals surface area contributed by atoms with Gasteiger partial charge >= 0.3 is 0 Å². The predicted octanol–water partition coefficient (Wildman–Crippen LogP) is 2.89. The Morgan fingerprint density at radius 2 is 2.31 bits per heavy atom. The highest BCUT2D eigenvalue weighted by Crippen LogP contribution is 2.33. The molecule has 0 aliphatic rings. The van der Waals surface area contributed by atoms with Crippen LogP contribution < -0.4 is 5.73 Å². The highest BCUT2D eigenvalue weighted by molar-refractivity contribution is 9.10. The van der Waals surface area contributed by atoms with Gasteiger partial charge in [0.05, 0.1) is 23.2 Å². The van der Waals surface area contributed by atoms with Crippen LogP contribution in [-0.2, 0) is 6.42 Å². The third kappa shape index (κ3) is 1.93. The smallest absolute Gasteiger partial charge is 0.130 e. The molecule has 1 aromatic rings. The Balaban J connectivity index is 3.36. The first-order valence-corrected chi connectivity index (χ1v) is 4.53. The molecule has 0 atom stereocenters. The summed E-state index contributed by atoms with van der Waals surface area (Å²) in [4.78, 5) is 0. The molecular weight excluding hydrogens is 258 g/mol. The molecule has 13 heavy (non-hydrogen) atoms. The van der Waals surface area contributed by atoms with Gasteiger partial charge in [-0.15, -0.1) is 0 Å². The number of anilines is 1. The van der Waals surface area contributed by atoms with Crippen LogP contribution in [0.15, 0.2) is 10.5 Å². The molecule has 0 saturated heterocycles. The molecule has 0 aliphatic heterocycles. The van der Waals surface area contributed by atoms with E-state index in [1.807, 2.05) is 6.07 Å². The van der Waals surface area contributed by atoms with Crippen LogP contribution in [0.2, 0.25) is 5.02 Å². The first kappa shape index (κ1) is 10.3. The van der Waals surface area contributed by atoms with Crippen molar-refractivity contribution in [3.8, 4) is 6.07 Å². The van der Waals surface area contributed by atoms with Gasteiger partial charge in [0, 0.05) is 10.0 Å². The Labute approximate surface area is 88.2 Å². The molecule has 68 valence electrons. The SMILES string of the molecule is N#CCc1c(F)cc(N)c(Cl)c1Br. The Kier molecular flexibility index (Phi) is 3.12. The minimum Gasteiger partial charge on any atom is -0.397 e. The second-order valence-corrected chi connectivity index (χ2v) is 3.56. The van der Waals surface area contributed by atoms with Crippen molar-refractivity contribution in [3.05, 3.63) is 26.9 Å². The van der Waals surface area contributed by atoms with Crippen LogP contribution in [0.4, 0.5) is 10.1 Å². The van der Waals surface area contributed by atoms with Crippen molar-refractivity contribution in [2.45, 2.75) is 6.42 Å². The van der Waals surface area contributed by atoms with Gasteiger partial charge in [-0.2, -0.15) is 5.26 Å². The molecule has 1 aromatic carbocycles. The molecule has 2 nitrogen and oxygen atoms in total. The first-order valence-electron chi connectivity index (χ1n) is 3.36. The zero-order chi connectivity index (χ0) is 10.0. The lowest BCUT2D eigenvalue weighted by atomic mass is 10.1. The summed E-state index contributed by atoms with van der Waals surface area (Å²) in [6, 6.07) is 2.95. The third-order valence-corrected chi connectivity index (χ3v) is 3.05. The van der Waals surface area contributed by atoms with E-state index in [9.17, 15) is 4.39 Å². The first-order chi connectivity index (χ1) is 6.07. The van der Waals surface area contributed by atoms with Crippen LogP contribution in [0.25, 0.3) is 0 Å². The number of nitrogens with zero attached hydrogens (tertiary/aromatic N) is 1. The number of hydrogen-bond acceptors (Lipinski definition) is 2. The van der Waals surface area contributed by atoms with Crippen LogP contribution in [0.5, 0.6) is 0 Å². The summed E-state index contributed by atoms with van der Waals surface area (Å²) in [5, 5.41) is 8.66. The zero-order valence-corrected chi connectivity index (χ0v) is 8.78. The summed E-state index contributed by atoms with van der Waals surface area (Å²) in [6.07, 6.45) is -0.0353. The van der Waals surface area contributed by atoms with Gasteiger partial charge in [-0.25, -0.2) is 4.39 Å². The maximum Gasteiger partial charge on any atom is 0.130 e. The van der Waals surface area contributed by atoms with Crippen LogP contribution in [0.1, 0.15) is 5.56 Å². The monoisotopic (exact) mass is 262 g/mol. The van der Waals surface area contributed by atoms with E-state index in [0.717, 1.165) is 6.07 Å². The van der Waals surface area contributed by atoms with Crippen molar-refractivity contribution < 1.29 is 4.39 Å². The molecule has 0 spiro atoms. The van der Waals surface area contributed by atoms with Crippen molar-refractivity contribution in [3.63, 3.8) is 0 Å². The van der Waals surface area contributed by atoms with Crippen molar-refractivity contribution in [2.75, 3.05) is 5.73 Å². The highest BCUT2D eigenvalue weighted by atomic mass is 79.9. The van der Waals surface area contributed by atoms with Crippen molar-refractivity contribution in [1.82, 2.24) is 0 Å². The summed E-state index contributed by atoms with van der Waals surface area (Å²) in [5.41, 5.74) is 5.80. The third-order valence-electron chi connectivity index (χ3n) is 1.54. The normalized spacial score (nSPS) is 9.69. The van der Waals surface area contributed by atoms with Crippen LogP contribution in [0.3, 0.4) is 0 Å². The topological polar surface area (TPSA) is 49.8 Å². The Bertz CT molecular complexity index is 387. The lowest BCUT2D eigenvalue weighted by Crippen LogP contribution is -1.96. The average Bonchev–Trinajstić information content (AvgIpc) is 2.09. The largest absolute Gasteiger partial charge is 0.397 e. The minimum absolute atomic E-state index is 0.0353. The fourth-order valence-corrected chi connectivity index (χ4v) is 1.62. The van der Waals surface area contributed by atoms with Crippen molar-refractivity contribution in [1.29, 1.82) is 5.26 Å². The number of rotatable bonds is 1. The Hall–Kier alpha value is -0.790. The standard InChI is InChI=1S/C8H5BrClFN2/c9-7-4(1-2-12)5(11)3-6(13)8(7)10/h3H,1,13H2. The number of nitriles is 1. The summed E-state index contributed by atoms with van der Waals surface area (Å²) in [6.45, 7) is 0. The summed E-state index contributed by atoms with van der Waals surface area (Å²) >= 11 is 8.82. The fourth-order valence-electron chi connectivity index (χ4n) is 0.892. The van der Waals surface area contributed by atoms with Gasteiger partial charge in [-0.05, 0) is 22.0 Å². The molecule has 0 aliphatic carbocycles. The lowest BCUT2D eigenvalue weighted by molar-refractivity contribution is 0.614. The molecule has 0 bridgehead atoms. The van der Waals surface area contributed by atoms with E-state index in [1.165, 1.54) is 0 Å². The molecule has 0 radical (unpaired) electrons. The van der Waals surface area contributed by atoms with Gasteiger partial charge in [0.2, 0.25) is 0 Å². The minimum atomic E-state index is -0.518. The maximum absolute atomic E-state index is 13.2. The molecule has 1 rings (SSSR count). The quantitative estimate of drug-likeness (QED) is 0.625.